The summed E-state index contributed by atoms with van der Waals surface area (Å²) in [6.07, 6.45) is 1.31. The second kappa shape index (κ2) is 6.33. The lowest BCUT2D eigenvalue weighted by atomic mass is 9.96. The molecule has 1 heterocycles. The van der Waals surface area contributed by atoms with Crippen molar-refractivity contribution in [3.8, 4) is 22.4 Å². The van der Waals surface area contributed by atoms with Crippen molar-refractivity contribution >= 4 is 11.6 Å². The highest BCUT2D eigenvalue weighted by Crippen LogP contribution is 2.49. The maximum Gasteiger partial charge on any atom is 0.260 e. The van der Waals surface area contributed by atoms with Gasteiger partial charge in [-0.05, 0) is 35.4 Å². The molecular formula is C21H16F2N2O. The minimum Gasteiger partial charge on any atom is -0.326 e. The first-order valence-electron chi connectivity index (χ1n) is 8.34. The Labute approximate surface area is 149 Å². The first-order valence-corrected chi connectivity index (χ1v) is 8.34. The molecule has 2 aromatic carbocycles. The molecule has 130 valence electrons. The second-order valence-electron chi connectivity index (χ2n) is 6.35. The van der Waals surface area contributed by atoms with Gasteiger partial charge in [-0.15, -0.1) is 0 Å². The molecule has 1 fully saturated rings. The van der Waals surface area contributed by atoms with E-state index in [4.69, 9.17) is 0 Å². The topological polar surface area (TPSA) is 42.0 Å². The van der Waals surface area contributed by atoms with Crippen LogP contribution < -0.4 is 5.32 Å². The van der Waals surface area contributed by atoms with Crippen molar-refractivity contribution < 1.29 is 13.6 Å². The number of carbonyl (C=O) groups excluding carboxylic acids is 1. The van der Waals surface area contributed by atoms with E-state index in [2.05, 4.69) is 10.3 Å². The first-order chi connectivity index (χ1) is 12.5. The molecule has 4 rings (SSSR count). The van der Waals surface area contributed by atoms with Gasteiger partial charge >= 0.3 is 0 Å². The van der Waals surface area contributed by atoms with Gasteiger partial charge in [0.25, 0.3) is 5.92 Å². The lowest BCUT2D eigenvalue weighted by molar-refractivity contribution is -0.119. The zero-order chi connectivity index (χ0) is 18.1. The van der Waals surface area contributed by atoms with Crippen molar-refractivity contribution in [2.75, 3.05) is 5.32 Å². The minimum absolute atomic E-state index is 0.381. The van der Waals surface area contributed by atoms with Gasteiger partial charge in [-0.2, -0.15) is 0 Å². The maximum absolute atomic E-state index is 13.1. The molecule has 1 atom stereocenters. The third kappa shape index (κ3) is 3.20. The normalized spacial score (nSPS) is 17.5. The van der Waals surface area contributed by atoms with Gasteiger partial charge in [-0.3, -0.25) is 9.78 Å². The number of anilines is 1. The SMILES string of the molecule is O=C(Nc1ccc(-c2ccccc2)c(-c2ccccn2)c1)[C@@H]1CC1(F)F. The summed E-state index contributed by atoms with van der Waals surface area (Å²) >= 11 is 0. The minimum atomic E-state index is -2.88. The van der Waals surface area contributed by atoms with E-state index < -0.39 is 17.7 Å². The van der Waals surface area contributed by atoms with Crippen molar-refractivity contribution in [3.05, 3.63) is 72.9 Å². The molecule has 0 aliphatic heterocycles. The number of alkyl halides is 2. The van der Waals surface area contributed by atoms with Crippen LogP contribution in [0.2, 0.25) is 0 Å². The Kier molecular flexibility index (Phi) is 3.99. The fraction of sp³-hybridized carbons (Fsp3) is 0.143. The van der Waals surface area contributed by atoms with E-state index in [-0.39, 0.29) is 6.42 Å². The quantitative estimate of drug-likeness (QED) is 0.719. The van der Waals surface area contributed by atoms with Crippen molar-refractivity contribution in [3.63, 3.8) is 0 Å². The molecule has 0 unspecified atom stereocenters. The Morgan fingerprint density at radius 2 is 1.73 bits per heavy atom. The molecule has 1 N–H and O–H groups in total. The number of hydrogen-bond acceptors (Lipinski definition) is 2. The molecule has 1 aliphatic rings. The van der Waals surface area contributed by atoms with Crippen LogP contribution in [0.5, 0.6) is 0 Å². The van der Waals surface area contributed by atoms with E-state index in [0.717, 1.165) is 22.4 Å². The Bertz CT molecular complexity index is 943. The van der Waals surface area contributed by atoms with Crippen LogP contribution in [0.1, 0.15) is 6.42 Å². The molecule has 1 aromatic heterocycles. The van der Waals surface area contributed by atoms with Crippen LogP contribution in [0.3, 0.4) is 0 Å². The van der Waals surface area contributed by atoms with E-state index in [1.807, 2.05) is 54.6 Å². The number of nitrogens with zero attached hydrogens (tertiary/aromatic N) is 1. The van der Waals surface area contributed by atoms with Gasteiger partial charge in [0, 0.05) is 23.9 Å². The Balaban J connectivity index is 1.71. The molecule has 26 heavy (non-hydrogen) atoms. The Morgan fingerprint density at radius 1 is 1.00 bits per heavy atom. The standard InChI is InChI=1S/C21H16F2N2O/c22-21(23)13-18(21)20(26)25-15-9-10-16(14-6-2-1-3-7-14)17(12-15)19-8-4-5-11-24-19/h1-12,18H,13H2,(H,25,26)/t18-/m0/s1. The molecule has 3 aromatic rings. The van der Waals surface area contributed by atoms with Gasteiger partial charge in [0.15, 0.2) is 0 Å². The fourth-order valence-electron chi connectivity index (χ4n) is 2.95. The van der Waals surface area contributed by atoms with Crippen molar-refractivity contribution in [1.29, 1.82) is 0 Å². The summed E-state index contributed by atoms with van der Waals surface area (Å²) < 4.78 is 26.2. The van der Waals surface area contributed by atoms with Crippen LogP contribution in [-0.4, -0.2) is 16.8 Å². The van der Waals surface area contributed by atoms with Crippen LogP contribution in [0.25, 0.3) is 22.4 Å². The summed E-state index contributed by atoms with van der Waals surface area (Å²) in [5.74, 6) is -4.75. The lowest BCUT2D eigenvalue weighted by Crippen LogP contribution is -2.17. The smallest absolute Gasteiger partial charge is 0.260 e. The molecule has 1 aliphatic carbocycles. The number of rotatable bonds is 4. The summed E-state index contributed by atoms with van der Waals surface area (Å²) in [5.41, 5.74) is 4.04. The third-order valence-corrected chi connectivity index (χ3v) is 4.46. The highest BCUT2D eigenvalue weighted by Gasteiger charge is 2.61. The number of amides is 1. The summed E-state index contributed by atoms with van der Waals surface area (Å²) in [5, 5.41) is 2.60. The van der Waals surface area contributed by atoms with Crippen LogP contribution in [-0.2, 0) is 4.79 Å². The summed E-state index contributed by atoms with van der Waals surface area (Å²) in [6, 6.07) is 20.8. The molecule has 5 heteroatoms. The van der Waals surface area contributed by atoms with Gasteiger partial charge in [0.1, 0.15) is 5.92 Å². The summed E-state index contributed by atoms with van der Waals surface area (Å²) in [4.78, 5) is 16.4. The number of halogens is 2. The van der Waals surface area contributed by atoms with Crippen LogP contribution in [0.15, 0.2) is 72.9 Å². The molecular weight excluding hydrogens is 334 g/mol. The molecule has 1 saturated carbocycles. The highest BCUT2D eigenvalue weighted by atomic mass is 19.3. The van der Waals surface area contributed by atoms with Crippen LogP contribution in [0.4, 0.5) is 14.5 Å². The number of hydrogen-bond donors (Lipinski definition) is 1. The van der Waals surface area contributed by atoms with Gasteiger partial charge in [0.05, 0.1) is 5.69 Å². The molecule has 1 amide bonds. The number of nitrogens with one attached hydrogen (secondary N) is 1. The second-order valence-corrected chi connectivity index (χ2v) is 6.35. The van der Waals surface area contributed by atoms with Crippen molar-refractivity contribution in [2.24, 2.45) is 5.92 Å². The van der Waals surface area contributed by atoms with E-state index >= 15 is 0 Å². The number of aromatic nitrogens is 1. The zero-order valence-corrected chi connectivity index (χ0v) is 13.8. The van der Waals surface area contributed by atoms with Crippen LogP contribution >= 0.6 is 0 Å². The summed E-state index contributed by atoms with van der Waals surface area (Å²) in [6.45, 7) is 0. The molecule has 0 saturated heterocycles. The fourth-order valence-corrected chi connectivity index (χ4v) is 2.95. The van der Waals surface area contributed by atoms with E-state index in [1.165, 1.54) is 0 Å². The average Bonchev–Trinajstić information content (AvgIpc) is 3.32. The van der Waals surface area contributed by atoms with Crippen molar-refractivity contribution in [1.82, 2.24) is 4.98 Å². The van der Waals surface area contributed by atoms with Gasteiger partial charge in [-0.1, -0.05) is 42.5 Å². The van der Waals surface area contributed by atoms with Crippen LogP contribution in [0, 0.1) is 5.92 Å². The monoisotopic (exact) mass is 350 g/mol. The third-order valence-electron chi connectivity index (χ3n) is 4.46. The van der Waals surface area contributed by atoms with Gasteiger partial charge in [0.2, 0.25) is 5.91 Å². The Morgan fingerprint density at radius 3 is 2.38 bits per heavy atom. The Hall–Kier alpha value is -3.08. The largest absolute Gasteiger partial charge is 0.326 e. The maximum atomic E-state index is 13.1. The van der Waals surface area contributed by atoms with Crippen molar-refractivity contribution in [2.45, 2.75) is 12.3 Å². The van der Waals surface area contributed by atoms with Gasteiger partial charge in [-0.25, -0.2) is 8.78 Å². The summed E-state index contributed by atoms with van der Waals surface area (Å²) in [7, 11) is 0. The van der Waals surface area contributed by atoms with E-state index in [9.17, 15) is 13.6 Å². The van der Waals surface area contributed by atoms with E-state index in [1.54, 1.807) is 18.3 Å². The number of benzene rings is 2. The predicted octanol–water partition coefficient (Wildman–Crippen LogP) is 5.01. The lowest BCUT2D eigenvalue weighted by Gasteiger charge is -2.13. The van der Waals surface area contributed by atoms with Gasteiger partial charge < -0.3 is 5.32 Å². The predicted molar refractivity (Wildman–Crippen MR) is 96.8 cm³/mol. The molecule has 3 nitrogen and oxygen atoms in total. The number of carbonyl (C=O) groups is 1. The number of pyridine rings is 1. The average molecular weight is 350 g/mol. The molecule has 0 bridgehead atoms. The zero-order valence-electron chi connectivity index (χ0n) is 13.8. The highest BCUT2D eigenvalue weighted by molar-refractivity contribution is 5.97. The first kappa shape index (κ1) is 16.4. The molecule has 0 radical (unpaired) electrons. The van der Waals surface area contributed by atoms with E-state index in [0.29, 0.717) is 5.69 Å². The molecule has 0 spiro atoms.